The van der Waals surface area contributed by atoms with Gasteiger partial charge in [0, 0.05) is 0 Å². The number of aromatic nitrogens is 2. The van der Waals surface area contributed by atoms with Gasteiger partial charge in [-0.2, -0.15) is 5.10 Å². The summed E-state index contributed by atoms with van der Waals surface area (Å²) < 4.78 is 52.9. The topological polar surface area (TPSA) is 112 Å². The van der Waals surface area contributed by atoms with Crippen molar-refractivity contribution in [3.8, 4) is 0 Å². The molecule has 2 rings (SSSR count). The molecule has 0 aliphatic carbocycles. The van der Waals surface area contributed by atoms with Crippen LogP contribution in [0.25, 0.3) is 0 Å². The maximum absolute atomic E-state index is 13.5. The van der Waals surface area contributed by atoms with Gasteiger partial charge in [0.1, 0.15) is 22.1 Å². The lowest BCUT2D eigenvalue weighted by Crippen LogP contribution is -2.15. The van der Waals surface area contributed by atoms with E-state index in [9.17, 15) is 22.0 Å². The number of sulfonamides is 1. The van der Waals surface area contributed by atoms with Crippen molar-refractivity contribution in [2.75, 3.05) is 4.72 Å². The number of carboxylic acid groups (broad SMARTS) is 1. The Labute approximate surface area is 117 Å². The molecule has 21 heavy (non-hydrogen) atoms. The maximum atomic E-state index is 13.5. The van der Waals surface area contributed by atoms with Crippen molar-refractivity contribution in [2.45, 2.75) is 11.8 Å². The van der Waals surface area contributed by atoms with Gasteiger partial charge in [-0.25, -0.2) is 22.0 Å². The number of carbonyl (C=O) groups is 1. The van der Waals surface area contributed by atoms with E-state index in [2.05, 4.69) is 10.2 Å². The fourth-order valence-corrected chi connectivity index (χ4v) is 2.84. The van der Waals surface area contributed by atoms with Crippen LogP contribution in [-0.2, 0) is 10.0 Å². The highest BCUT2D eigenvalue weighted by Gasteiger charge is 2.22. The van der Waals surface area contributed by atoms with Gasteiger partial charge in [0.05, 0.1) is 17.6 Å². The summed E-state index contributed by atoms with van der Waals surface area (Å²) in [5.74, 6) is -4.56. The van der Waals surface area contributed by atoms with Crippen LogP contribution in [0, 0.1) is 18.6 Å². The van der Waals surface area contributed by atoms with E-state index in [1.54, 1.807) is 0 Å². The van der Waals surface area contributed by atoms with E-state index in [1.165, 1.54) is 6.92 Å². The molecule has 0 spiro atoms. The second-order valence-electron chi connectivity index (χ2n) is 4.08. The molecule has 0 aliphatic rings. The number of aryl methyl sites for hydroxylation is 1. The normalized spacial score (nSPS) is 11.4. The quantitative estimate of drug-likeness (QED) is 0.791. The van der Waals surface area contributed by atoms with E-state index in [1.807, 2.05) is 4.72 Å². The number of hydrogen-bond donors (Lipinski definition) is 3. The van der Waals surface area contributed by atoms with Gasteiger partial charge in [-0.1, -0.05) is 0 Å². The summed E-state index contributed by atoms with van der Waals surface area (Å²) in [5.41, 5.74) is -1.35. The van der Waals surface area contributed by atoms with Crippen molar-refractivity contribution in [2.24, 2.45) is 0 Å². The molecule has 1 aromatic carbocycles. The molecule has 0 aliphatic heterocycles. The lowest BCUT2D eigenvalue weighted by molar-refractivity contribution is 0.0686. The Morgan fingerprint density at radius 3 is 2.33 bits per heavy atom. The van der Waals surface area contributed by atoms with E-state index in [-0.39, 0.29) is 10.6 Å². The third kappa shape index (κ3) is 2.84. The number of anilines is 1. The zero-order chi connectivity index (χ0) is 15.8. The highest BCUT2D eigenvalue weighted by atomic mass is 32.2. The minimum Gasteiger partial charge on any atom is -0.477 e. The van der Waals surface area contributed by atoms with Crippen LogP contribution >= 0.6 is 0 Å². The number of halogens is 2. The number of H-pyrrole nitrogens is 1. The molecule has 3 N–H and O–H groups in total. The fourth-order valence-electron chi connectivity index (χ4n) is 1.66. The van der Waals surface area contributed by atoms with Gasteiger partial charge in [-0.3, -0.25) is 9.82 Å². The number of hydrogen-bond acceptors (Lipinski definition) is 4. The Hall–Kier alpha value is -2.49. The average molecular weight is 317 g/mol. The van der Waals surface area contributed by atoms with Gasteiger partial charge >= 0.3 is 5.97 Å². The molecule has 2 aromatic rings. The van der Waals surface area contributed by atoms with Gasteiger partial charge in [-0.05, 0) is 19.1 Å². The molecule has 1 aromatic heterocycles. The highest BCUT2D eigenvalue weighted by molar-refractivity contribution is 7.92. The van der Waals surface area contributed by atoms with E-state index in [4.69, 9.17) is 5.11 Å². The third-order valence-electron chi connectivity index (χ3n) is 2.58. The predicted octanol–water partition coefficient (Wildman–Crippen LogP) is 1.50. The number of carboxylic acids is 1. The summed E-state index contributed by atoms with van der Waals surface area (Å²) in [6.07, 6.45) is 1.04. The molecule has 0 saturated heterocycles. The lowest BCUT2D eigenvalue weighted by atomic mass is 10.2. The average Bonchev–Trinajstić information content (AvgIpc) is 2.73. The van der Waals surface area contributed by atoms with E-state index in [0.29, 0.717) is 12.1 Å². The van der Waals surface area contributed by atoms with E-state index < -0.39 is 38.9 Å². The summed E-state index contributed by atoms with van der Waals surface area (Å²) in [6.45, 7) is 1.45. The molecule has 10 heteroatoms. The minimum atomic E-state index is -4.09. The number of rotatable bonds is 4. The van der Waals surface area contributed by atoms with Crippen LogP contribution in [-0.4, -0.2) is 29.7 Å². The summed E-state index contributed by atoms with van der Waals surface area (Å²) in [6, 6.07) is 1.17. The number of aromatic carboxylic acids is 1. The van der Waals surface area contributed by atoms with Gasteiger partial charge in [0.15, 0.2) is 0 Å². The largest absolute Gasteiger partial charge is 0.477 e. The second-order valence-corrected chi connectivity index (χ2v) is 5.74. The standard InChI is InChI=1S/C11H9F2N3O4S/c1-5-9(4-14-15-5)21(19,20)16-6-2-7(12)10(11(17)18)8(13)3-6/h2-4,16H,1H3,(H,14,15)(H,17,18). The molecule has 0 fully saturated rings. The number of benzene rings is 1. The lowest BCUT2D eigenvalue weighted by Gasteiger charge is -2.09. The van der Waals surface area contributed by atoms with Crippen LogP contribution in [0.4, 0.5) is 14.5 Å². The smallest absolute Gasteiger partial charge is 0.341 e. The first-order valence-electron chi connectivity index (χ1n) is 5.47. The second kappa shape index (κ2) is 5.13. The Bertz CT molecular complexity index is 794. The third-order valence-corrected chi connectivity index (χ3v) is 4.08. The first-order valence-corrected chi connectivity index (χ1v) is 6.96. The zero-order valence-corrected chi connectivity index (χ0v) is 11.3. The van der Waals surface area contributed by atoms with Crippen molar-refractivity contribution < 1.29 is 27.1 Å². The molecule has 0 radical (unpaired) electrons. The van der Waals surface area contributed by atoms with Crippen molar-refractivity contribution in [1.29, 1.82) is 0 Å². The summed E-state index contributed by atoms with van der Waals surface area (Å²) >= 11 is 0. The fraction of sp³-hybridized carbons (Fsp3) is 0.0909. The Morgan fingerprint density at radius 1 is 1.33 bits per heavy atom. The molecule has 0 unspecified atom stereocenters. The Balaban J connectivity index is 2.42. The molecule has 0 amide bonds. The van der Waals surface area contributed by atoms with Gasteiger partial charge in [0.25, 0.3) is 10.0 Å². The molecule has 112 valence electrons. The van der Waals surface area contributed by atoms with Crippen LogP contribution in [0.15, 0.2) is 23.2 Å². The minimum absolute atomic E-state index is 0.189. The predicted molar refractivity (Wildman–Crippen MR) is 67.5 cm³/mol. The van der Waals surface area contributed by atoms with Crippen molar-refractivity contribution in [3.05, 3.63) is 41.2 Å². The summed E-state index contributed by atoms with van der Waals surface area (Å²) in [4.78, 5) is 10.5. The van der Waals surface area contributed by atoms with Crippen LogP contribution < -0.4 is 4.72 Å². The number of aromatic amines is 1. The van der Waals surface area contributed by atoms with Gasteiger partial charge in [-0.15, -0.1) is 0 Å². The van der Waals surface area contributed by atoms with Crippen LogP contribution in [0.5, 0.6) is 0 Å². The van der Waals surface area contributed by atoms with Crippen molar-refractivity contribution in [1.82, 2.24) is 10.2 Å². The monoisotopic (exact) mass is 317 g/mol. The first-order chi connectivity index (χ1) is 9.72. The Morgan fingerprint density at radius 2 is 1.90 bits per heavy atom. The summed E-state index contributed by atoms with van der Waals surface area (Å²) in [5, 5.41) is 14.6. The van der Waals surface area contributed by atoms with Crippen molar-refractivity contribution >= 4 is 21.7 Å². The molecule has 7 nitrogen and oxygen atoms in total. The van der Waals surface area contributed by atoms with Crippen LogP contribution in [0.1, 0.15) is 16.1 Å². The maximum Gasteiger partial charge on any atom is 0.341 e. The van der Waals surface area contributed by atoms with Gasteiger partial charge in [0.2, 0.25) is 0 Å². The number of nitrogens with zero attached hydrogens (tertiary/aromatic N) is 1. The first kappa shape index (κ1) is 14.9. The Kier molecular flexibility index (Phi) is 3.64. The van der Waals surface area contributed by atoms with Gasteiger partial charge < -0.3 is 5.11 Å². The van der Waals surface area contributed by atoms with Crippen LogP contribution in [0.2, 0.25) is 0 Å². The SMILES string of the molecule is Cc1[nH]ncc1S(=O)(=O)Nc1cc(F)c(C(=O)O)c(F)c1. The van der Waals surface area contributed by atoms with Crippen molar-refractivity contribution in [3.63, 3.8) is 0 Å². The van der Waals surface area contributed by atoms with E-state index >= 15 is 0 Å². The molecule has 0 atom stereocenters. The molecule has 0 bridgehead atoms. The molecule has 0 saturated carbocycles. The highest BCUT2D eigenvalue weighted by Crippen LogP contribution is 2.22. The number of nitrogens with one attached hydrogen (secondary N) is 2. The molecular formula is C11H9F2N3O4S. The van der Waals surface area contributed by atoms with E-state index in [0.717, 1.165) is 6.20 Å². The summed E-state index contributed by atoms with van der Waals surface area (Å²) in [7, 11) is -4.09. The zero-order valence-electron chi connectivity index (χ0n) is 10.5. The molecular weight excluding hydrogens is 308 g/mol. The van der Waals surface area contributed by atoms with Crippen LogP contribution in [0.3, 0.4) is 0 Å². The molecule has 1 heterocycles.